The molecule has 1 aliphatic carbocycles. The average Bonchev–Trinajstić information content (AvgIpc) is 2.92. The van der Waals surface area contributed by atoms with Gasteiger partial charge in [0.15, 0.2) is 34.8 Å². The van der Waals surface area contributed by atoms with Crippen LogP contribution in [0.2, 0.25) is 0 Å². The highest BCUT2D eigenvalue weighted by molar-refractivity contribution is 5.79. The van der Waals surface area contributed by atoms with Crippen LogP contribution in [0.5, 0.6) is 5.75 Å². The van der Waals surface area contributed by atoms with E-state index < -0.39 is 41.0 Å². The second-order valence-corrected chi connectivity index (χ2v) is 9.73. The molecule has 3 aromatic rings. The van der Waals surface area contributed by atoms with E-state index in [1.807, 2.05) is 6.92 Å². The number of fused-ring (bicyclic) bond motifs is 3. The van der Waals surface area contributed by atoms with Crippen LogP contribution < -0.4 is 4.74 Å². The molecule has 8 heteroatoms. The molecule has 2 aliphatic rings. The first-order valence-electron chi connectivity index (χ1n) is 12.7. The van der Waals surface area contributed by atoms with Crippen molar-refractivity contribution in [1.82, 2.24) is 0 Å². The highest BCUT2D eigenvalue weighted by Crippen LogP contribution is 2.44. The molecule has 0 bridgehead atoms. The summed E-state index contributed by atoms with van der Waals surface area (Å²) in [6.45, 7) is 3.61. The zero-order chi connectivity index (χ0) is 27.1. The lowest BCUT2D eigenvalue weighted by Gasteiger charge is -2.27. The van der Waals surface area contributed by atoms with Gasteiger partial charge in [0.25, 0.3) is 0 Å². The number of unbranched alkanes of at least 4 members (excludes halogenated alkanes) is 1. The summed E-state index contributed by atoms with van der Waals surface area (Å²) in [5.74, 6) is -7.16. The van der Waals surface area contributed by atoms with Gasteiger partial charge in [-0.2, -0.15) is 4.39 Å². The van der Waals surface area contributed by atoms with E-state index in [1.165, 1.54) is 37.5 Å². The topological polar surface area (TPSA) is 18.5 Å². The third kappa shape index (κ3) is 4.44. The van der Waals surface area contributed by atoms with Crippen LogP contribution in [0, 0.1) is 41.8 Å². The van der Waals surface area contributed by atoms with Gasteiger partial charge in [-0.25, -0.2) is 22.0 Å². The van der Waals surface area contributed by atoms with Gasteiger partial charge in [0.1, 0.15) is 6.10 Å². The Morgan fingerprint density at radius 3 is 2.16 bits per heavy atom. The Morgan fingerprint density at radius 2 is 1.50 bits per heavy atom. The maximum absolute atomic E-state index is 15.5. The predicted octanol–water partition coefficient (Wildman–Crippen LogP) is 8.67. The smallest absolute Gasteiger partial charge is 0.201 e. The van der Waals surface area contributed by atoms with Gasteiger partial charge < -0.3 is 9.47 Å². The van der Waals surface area contributed by atoms with E-state index in [2.05, 4.69) is 0 Å². The molecule has 0 amide bonds. The molecule has 3 aromatic carbocycles. The molecule has 0 aromatic heterocycles. The second-order valence-electron chi connectivity index (χ2n) is 9.73. The first kappa shape index (κ1) is 26.2. The van der Waals surface area contributed by atoms with E-state index >= 15 is 13.2 Å². The molecule has 1 heterocycles. The van der Waals surface area contributed by atoms with E-state index in [4.69, 9.17) is 9.47 Å². The lowest BCUT2D eigenvalue weighted by Crippen LogP contribution is -2.14. The van der Waals surface area contributed by atoms with Crippen LogP contribution in [0.15, 0.2) is 30.5 Å². The Bertz CT molecular complexity index is 1450. The summed E-state index contributed by atoms with van der Waals surface area (Å²) in [6, 6.07) is 5.69. The highest BCUT2D eigenvalue weighted by Gasteiger charge is 2.32. The fourth-order valence-corrected chi connectivity index (χ4v) is 5.12. The first-order valence-corrected chi connectivity index (χ1v) is 12.7. The molecule has 0 saturated heterocycles. The van der Waals surface area contributed by atoms with E-state index in [1.54, 1.807) is 0 Å². The molecule has 1 atom stereocenters. The normalized spacial score (nSPS) is 16.4. The first-order chi connectivity index (χ1) is 18.2. The molecule has 0 saturated carbocycles. The van der Waals surface area contributed by atoms with Crippen LogP contribution in [0.4, 0.5) is 26.3 Å². The minimum Gasteiger partial charge on any atom is -0.493 e. The van der Waals surface area contributed by atoms with Crippen molar-refractivity contribution in [3.8, 4) is 16.9 Å². The van der Waals surface area contributed by atoms with Crippen molar-refractivity contribution >= 4 is 5.57 Å². The zero-order valence-corrected chi connectivity index (χ0v) is 21.0. The molecule has 5 rings (SSSR count). The quantitative estimate of drug-likeness (QED) is 0.234. The molecule has 0 fully saturated rings. The minimum atomic E-state index is -1.27. The van der Waals surface area contributed by atoms with Crippen molar-refractivity contribution in [3.05, 3.63) is 93.2 Å². The van der Waals surface area contributed by atoms with Crippen LogP contribution in [0.3, 0.4) is 0 Å². The average molecular weight is 533 g/mol. The summed E-state index contributed by atoms with van der Waals surface area (Å²) in [5, 5.41) is 0. The van der Waals surface area contributed by atoms with E-state index in [9.17, 15) is 13.2 Å². The van der Waals surface area contributed by atoms with Crippen LogP contribution in [0.25, 0.3) is 16.7 Å². The number of benzene rings is 3. The highest BCUT2D eigenvalue weighted by atomic mass is 19.2. The summed E-state index contributed by atoms with van der Waals surface area (Å²) in [6.07, 6.45) is 2.95. The Kier molecular flexibility index (Phi) is 7.16. The largest absolute Gasteiger partial charge is 0.493 e. The number of hydrogen-bond donors (Lipinski definition) is 0. The Hall–Kier alpha value is -3.42. The van der Waals surface area contributed by atoms with Gasteiger partial charge in [0, 0.05) is 22.3 Å². The zero-order valence-electron chi connectivity index (χ0n) is 21.0. The van der Waals surface area contributed by atoms with Gasteiger partial charge in [-0.3, -0.25) is 0 Å². The lowest BCUT2D eigenvalue weighted by atomic mass is 9.82. The molecular weight excluding hydrogens is 506 g/mol. The van der Waals surface area contributed by atoms with Crippen LogP contribution in [-0.2, 0) is 17.6 Å². The predicted molar refractivity (Wildman–Crippen MR) is 132 cm³/mol. The van der Waals surface area contributed by atoms with Gasteiger partial charge >= 0.3 is 0 Å². The second kappa shape index (κ2) is 10.4. The maximum Gasteiger partial charge on any atom is 0.201 e. The molecule has 38 heavy (non-hydrogen) atoms. The fraction of sp³-hybridized carbons (Fsp3) is 0.333. The van der Waals surface area contributed by atoms with Crippen LogP contribution >= 0.6 is 0 Å². The third-order valence-electron chi connectivity index (χ3n) is 7.26. The Morgan fingerprint density at radius 1 is 0.816 bits per heavy atom. The van der Waals surface area contributed by atoms with Crippen molar-refractivity contribution in [2.24, 2.45) is 0 Å². The SMILES string of the molecule is CCCCOc1cc2c(c(F)c1F)-c1c(cc(C3=COC(c4ccc(C)c(F)c4F)CC3)c(F)c1F)CC2. The number of rotatable bonds is 6. The number of halogens is 6. The standard InChI is InChI=1S/C30H26F6O2/c1-3-4-11-37-22-13-17-7-6-16-12-20(27(33)29(35)23(16)24(17)30(36)28(22)34)18-8-10-21(38-14-18)19-9-5-15(2)25(31)26(19)32/h5,9,12-14,21H,3-4,6-8,10-11H2,1-2H3. The van der Waals surface area contributed by atoms with Crippen LogP contribution in [-0.4, -0.2) is 6.61 Å². The molecule has 2 nitrogen and oxygen atoms in total. The molecule has 1 aliphatic heterocycles. The third-order valence-corrected chi connectivity index (χ3v) is 7.26. The van der Waals surface area contributed by atoms with Gasteiger partial charge in [0.05, 0.1) is 12.9 Å². The van der Waals surface area contributed by atoms with Crippen molar-refractivity contribution in [2.45, 2.75) is 58.5 Å². The minimum absolute atomic E-state index is 0.0487. The van der Waals surface area contributed by atoms with Crippen molar-refractivity contribution in [2.75, 3.05) is 6.61 Å². The number of aryl methyl sites for hydroxylation is 3. The van der Waals surface area contributed by atoms with E-state index in [0.29, 0.717) is 29.5 Å². The summed E-state index contributed by atoms with van der Waals surface area (Å²) < 4.78 is 100. The van der Waals surface area contributed by atoms with Gasteiger partial charge in [-0.1, -0.05) is 25.5 Å². The van der Waals surface area contributed by atoms with E-state index in [-0.39, 0.29) is 59.4 Å². The summed E-state index contributed by atoms with van der Waals surface area (Å²) in [7, 11) is 0. The van der Waals surface area contributed by atoms with E-state index in [0.717, 1.165) is 6.42 Å². The summed E-state index contributed by atoms with van der Waals surface area (Å²) >= 11 is 0. The number of allylic oxidation sites excluding steroid dienone is 1. The monoisotopic (exact) mass is 532 g/mol. The lowest BCUT2D eigenvalue weighted by molar-refractivity contribution is 0.124. The summed E-state index contributed by atoms with van der Waals surface area (Å²) in [4.78, 5) is 0. The molecule has 0 spiro atoms. The number of hydrogen-bond acceptors (Lipinski definition) is 2. The molecular formula is C30H26F6O2. The van der Waals surface area contributed by atoms with Crippen molar-refractivity contribution in [3.63, 3.8) is 0 Å². The maximum atomic E-state index is 15.5. The van der Waals surface area contributed by atoms with Crippen LogP contribution in [0.1, 0.15) is 66.5 Å². The van der Waals surface area contributed by atoms with Gasteiger partial charge in [-0.15, -0.1) is 0 Å². The van der Waals surface area contributed by atoms with Crippen molar-refractivity contribution in [1.29, 1.82) is 0 Å². The van der Waals surface area contributed by atoms with Gasteiger partial charge in [0.2, 0.25) is 5.82 Å². The Labute approximate surface area is 216 Å². The Balaban J connectivity index is 1.48. The van der Waals surface area contributed by atoms with Gasteiger partial charge in [-0.05, 0) is 73.4 Å². The summed E-state index contributed by atoms with van der Waals surface area (Å²) in [5.41, 5.74) is 0.612. The molecule has 200 valence electrons. The number of ether oxygens (including phenoxy) is 2. The molecule has 1 unspecified atom stereocenters. The fourth-order valence-electron chi connectivity index (χ4n) is 5.12. The molecule has 0 N–H and O–H groups in total. The van der Waals surface area contributed by atoms with Crippen molar-refractivity contribution < 1.29 is 35.8 Å². The molecule has 0 radical (unpaired) electrons.